The Balaban J connectivity index is 1.96. The summed E-state index contributed by atoms with van der Waals surface area (Å²) < 4.78 is 5.45. The first-order valence-corrected chi connectivity index (χ1v) is 7.22. The van der Waals surface area contributed by atoms with Crippen molar-refractivity contribution in [3.63, 3.8) is 0 Å². The van der Waals surface area contributed by atoms with Crippen LogP contribution < -0.4 is 5.73 Å². The minimum Gasteiger partial charge on any atom is -0.384 e. The summed E-state index contributed by atoms with van der Waals surface area (Å²) in [5, 5.41) is 0. The van der Waals surface area contributed by atoms with Gasteiger partial charge in [0.1, 0.15) is 0 Å². The summed E-state index contributed by atoms with van der Waals surface area (Å²) in [6, 6.07) is 0. The molecule has 2 fully saturated rings. The van der Waals surface area contributed by atoms with Gasteiger partial charge in [-0.25, -0.2) is 0 Å². The average molecular weight is 240 g/mol. The summed E-state index contributed by atoms with van der Waals surface area (Å²) >= 11 is 0. The van der Waals surface area contributed by atoms with Crippen LogP contribution in [0.1, 0.15) is 38.5 Å². The third-order valence-electron chi connectivity index (χ3n) is 4.78. The highest BCUT2D eigenvalue weighted by atomic mass is 16.5. The molecule has 1 saturated heterocycles. The molecule has 0 aromatic carbocycles. The second-order valence-electron chi connectivity index (χ2n) is 5.95. The first kappa shape index (κ1) is 13.3. The number of methoxy groups -OCH3 is 1. The van der Waals surface area contributed by atoms with Gasteiger partial charge in [-0.2, -0.15) is 0 Å². The van der Waals surface area contributed by atoms with E-state index in [1.54, 1.807) is 0 Å². The van der Waals surface area contributed by atoms with E-state index >= 15 is 0 Å². The highest BCUT2D eigenvalue weighted by Gasteiger charge is 2.46. The van der Waals surface area contributed by atoms with Crippen molar-refractivity contribution in [1.82, 2.24) is 4.90 Å². The molecule has 17 heavy (non-hydrogen) atoms. The van der Waals surface area contributed by atoms with Crippen LogP contribution in [0.5, 0.6) is 0 Å². The van der Waals surface area contributed by atoms with E-state index < -0.39 is 0 Å². The number of hydrogen-bond acceptors (Lipinski definition) is 3. The third-order valence-corrected chi connectivity index (χ3v) is 4.78. The Bertz CT molecular complexity index is 226. The molecule has 2 aliphatic rings. The molecule has 0 radical (unpaired) electrons. The van der Waals surface area contributed by atoms with Crippen LogP contribution in [-0.2, 0) is 4.74 Å². The molecule has 0 aromatic rings. The van der Waals surface area contributed by atoms with Crippen LogP contribution >= 0.6 is 0 Å². The molecule has 1 atom stereocenters. The Morgan fingerprint density at radius 3 is 2.71 bits per heavy atom. The maximum absolute atomic E-state index is 5.62. The monoisotopic (exact) mass is 240 g/mol. The molecule has 1 aliphatic heterocycles. The lowest BCUT2D eigenvalue weighted by Crippen LogP contribution is -2.35. The van der Waals surface area contributed by atoms with Gasteiger partial charge in [0.15, 0.2) is 0 Å². The number of rotatable bonds is 5. The Morgan fingerprint density at radius 1 is 1.29 bits per heavy atom. The molecule has 1 aliphatic carbocycles. The van der Waals surface area contributed by atoms with E-state index in [2.05, 4.69) is 4.90 Å². The van der Waals surface area contributed by atoms with Gasteiger partial charge in [0.25, 0.3) is 0 Å². The molecule has 1 heterocycles. The van der Waals surface area contributed by atoms with Gasteiger partial charge in [-0.1, -0.05) is 19.3 Å². The van der Waals surface area contributed by atoms with Crippen LogP contribution in [0.4, 0.5) is 0 Å². The highest BCUT2D eigenvalue weighted by molar-refractivity contribution is 4.97. The minimum atomic E-state index is 0.572. The lowest BCUT2D eigenvalue weighted by atomic mass is 9.68. The molecule has 0 unspecified atom stereocenters. The van der Waals surface area contributed by atoms with Crippen molar-refractivity contribution in [2.45, 2.75) is 38.5 Å². The van der Waals surface area contributed by atoms with Crippen LogP contribution in [0, 0.1) is 11.3 Å². The number of nitrogens with two attached hydrogens (primary N) is 1. The maximum atomic E-state index is 5.62. The summed E-state index contributed by atoms with van der Waals surface area (Å²) in [4.78, 5) is 2.63. The van der Waals surface area contributed by atoms with Crippen molar-refractivity contribution in [1.29, 1.82) is 0 Å². The molecule has 1 saturated carbocycles. The van der Waals surface area contributed by atoms with Gasteiger partial charge in [-0.3, -0.25) is 0 Å². The molecular formula is C14H28N2O. The topological polar surface area (TPSA) is 38.5 Å². The zero-order valence-corrected chi connectivity index (χ0v) is 11.3. The fourth-order valence-electron chi connectivity index (χ4n) is 3.88. The third kappa shape index (κ3) is 3.01. The van der Waals surface area contributed by atoms with Crippen molar-refractivity contribution < 1.29 is 4.74 Å². The lowest BCUT2D eigenvalue weighted by Gasteiger charge is -2.38. The lowest BCUT2D eigenvalue weighted by molar-refractivity contribution is 0.0666. The van der Waals surface area contributed by atoms with Gasteiger partial charge in [0.2, 0.25) is 0 Å². The summed E-state index contributed by atoms with van der Waals surface area (Å²) in [5.41, 5.74) is 6.19. The normalized spacial score (nSPS) is 28.9. The minimum absolute atomic E-state index is 0.572. The Kier molecular flexibility index (Phi) is 4.83. The standard InChI is InChI=1S/C14H28N2O/c1-17-11-13-10-16(9-5-8-15)12-14(13)6-3-2-4-7-14/h13H,2-12,15H2,1H3/t13-/m0/s1. The second-order valence-corrected chi connectivity index (χ2v) is 5.95. The fourth-order valence-corrected chi connectivity index (χ4v) is 3.88. The smallest absolute Gasteiger partial charge is 0.0508 e. The van der Waals surface area contributed by atoms with E-state index in [-0.39, 0.29) is 0 Å². The molecule has 3 heteroatoms. The van der Waals surface area contributed by atoms with E-state index in [1.165, 1.54) is 51.7 Å². The first-order chi connectivity index (χ1) is 8.30. The van der Waals surface area contributed by atoms with E-state index in [0.29, 0.717) is 5.41 Å². The molecule has 2 rings (SSSR count). The zero-order valence-electron chi connectivity index (χ0n) is 11.3. The van der Waals surface area contributed by atoms with Crippen LogP contribution in [0.15, 0.2) is 0 Å². The molecule has 0 amide bonds. The van der Waals surface area contributed by atoms with Crippen LogP contribution in [-0.4, -0.2) is 44.8 Å². The zero-order chi connectivity index (χ0) is 12.1. The van der Waals surface area contributed by atoms with Gasteiger partial charge in [-0.15, -0.1) is 0 Å². The average Bonchev–Trinajstić information content (AvgIpc) is 2.66. The quantitative estimate of drug-likeness (QED) is 0.797. The summed E-state index contributed by atoms with van der Waals surface area (Å²) in [6.07, 6.45) is 8.25. The number of nitrogens with zero attached hydrogens (tertiary/aromatic N) is 1. The van der Waals surface area contributed by atoms with Crippen molar-refractivity contribution in [2.24, 2.45) is 17.1 Å². The van der Waals surface area contributed by atoms with Crippen molar-refractivity contribution >= 4 is 0 Å². The molecule has 1 spiro atoms. The van der Waals surface area contributed by atoms with E-state index in [4.69, 9.17) is 10.5 Å². The van der Waals surface area contributed by atoms with Crippen LogP contribution in [0.25, 0.3) is 0 Å². The van der Waals surface area contributed by atoms with Crippen LogP contribution in [0.3, 0.4) is 0 Å². The van der Waals surface area contributed by atoms with Crippen molar-refractivity contribution in [2.75, 3.05) is 39.9 Å². The maximum Gasteiger partial charge on any atom is 0.0508 e. The number of ether oxygens (including phenoxy) is 1. The molecule has 2 N–H and O–H groups in total. The highest BCUT2D eigenvalue weighted by Crippen LogP contribution is 2.47. The number of hydrogen-bond donors (Lipinski definition) is 1. The van der Waals surface area contributed by atoms with Gasteiger partial charge in [-0.05, 0) is 37.8 Å². The van der Waals surface area contributed by atoms with E-state index in [1.807, 2.05) is 7.11 Å². The van der Waals surface area contributed by atoms with Crippen LogP contribution in [0.2, 0.25) is 0 Å². The van der Waals surface area contributed by atoms with Gasteiger partial charge < -0.3 is 15.4 Å². The van der Waals surface area contributed by atoms with Crippen molar-refractivity contribution in [3.8, 4) is 0 Å². The second kappa shape index (κ2) is 6.17. The Hall–Kier alpha value is -0.120. The Labute approximate surface area is 106 Å². The first-order valence-electron chi connectivity index (χ1n) is 7.22. The molecule has 0 aromatic heterocycles. The largest absolute Gasteiger partial charge is 0.384 e. The summed E-state index contributed by atoms with van der Waals surface area (Å²) in [7, 11) is 1.85. The van der Waals surface area contributed by atoms with Gasteiger partial charge >= 0.3 is 0 Å². The predicted octanol–water partition coefficient (Wildman–Crippen LogP) is 1.86. The molecule has 100 valence electrons. The number of likely N-dealkylation sites (tertiary alicyclic amines) is 1. The van der Waals surface area contributed by atoms with Gasteiger partial charge in [0.05, 0.1) is 6.61 Å². The van der Waals surface area contributed by atoms with E-state index in [0.717, 1.165) is 25.5 Å². The van der Waals surface area contributed by atoms with Gasteiger partial charge in [0, 0.05) is 26.1 Å². The van der Waals surface area contributed by atoms with E-state index in [9.17, 15) is 0 Å². The molecular weight excluding hydrogens is 212 g/mol. The fraction of sp³-hybridized carbons (Fsp3) is 1.00. The predicted molar refractivity (Wildman–Crippen MR) is 71.0 cm³/mol. The Morgan fingerprint density at radius 2 is 2.06 bits per heavy atom. The molecule has 0 bridgehead atoms. The summed E-state index contributed by atoms with van der Waals surface area (Å²) in [5.74, 6) is 0.755. The SMILES string of the molecule is COC[C@@H]1CN(CCCN)CC12CCCCC2. The summed E-state index contributed by atoms with van der Waals surface area (Å²) in [6.45, 7) is 5.46. The van der Waals surface area contributed by atoms with Crippen molar-refractivity contribution in [3.05, 3.63) is 0 Å². The molecule has 3 nitrogen and oxygen atoms in total.